The molecule has 1 aliphatic rings. The van der Waals surface area contributed by atoms with Crippen LogP contribution in [0.3, 0.4) is 0 Å². The Kier molecular flexibility index (Phi) is 7.04. The van der Waals surface area contributed by atoms with Crippen LogP contribution in [0.1, 0.15) is 17.5 Å². The van der Waals surface area contributed by atoms with Crippen molar-refractivity contribution in [3.8, 4) is 5.75 Å². The predicted octanol–water partition coefficient (Wildman–Crippen LogP) is 0.523. The summed E-state index contributed by atoms with van der Waals surface area (Å²) in [6, 6.07) is 15.2. The summed E-state index contributed by atoms with van der Waals surface area (Å²) in [5, 5.41) is 9.40. The van der Waals surface area contributed by atoms with Crippen molar-refractivity contribution in [2.45, 2.75) is 25.4 Å². The van der Waals surface area contributed by atoms with Crippen molar-refractivity contribution in [2.24, 2.45) is 11.5 Å². The Bertz CT molecular complexity index is 922. The smallest absolute Gasteiger partial charge is 0.331 e. The molecule has 1 fully saturated rings. The van der Waals surface area contributed by atoms with Gasteiger partial charge in [-0.3, -0.25) is 14.1 Å². The molecule has 0 bridgehead atoms. The number of carbonyl (C=O) groups excluding carboxylic acids is 3. The van der Waals surface area contributed by atoms with Crippen LogP contribution >= 0.6 is 0 Å². The third kappa shape index (κ3) is 5.68. The van der Waals surface area contributed by atoms with Crippen molar-refractivity contribution in [1.82, 2.24) is 4.90 Å². The summed E-state index contributed by atoms with van der Waals surface area (Å²) in [5.74, 6) is -0.713. The minimum Gasteiger partial charge on any atom is -0.508 e. The number of nitrogens with two attached hydrogens (primary N) is 2. The maximum Gasteiger partial charge on any atom is 0.331 e. The van der Waals surface area contributed by atoms with Crippen LogP contribution in [0.25, 0.3) is 0 Å². The molecule has 0 spiro atoms. The van der Waals surface area contributed by atoms with Crippen molar-refractivity contribution < 1.29 is 24.0 Å². The second kappa shape index (κ2) is 9.72. The van der Waals surface area contributed by atoms with E-state index in [1.165, 1.54) is 0 Å². The van der Waals surface area contributed by atoms with Crippen molar-refractivity contribution in [1.29, 1.82) is 0 Å². The van der Waals surface area contributed by atoms with Crippen molar-refractivity contribution in [3.63, 3.8) is 0 Å². The van der Waals surface area contributed by atoms with E-state index in [9.17, 15) is 19.5 Å². The first kappa shape index (κ1) is 22.5. The van der Waals surface area contributed by atoms with E-state index >= 15 is 0 Å². The Morgan fingerprint density at radius 1 is 0.968 bits per heavy atom. The van der Waals surface area contributed by atoms with Gasteiger partial charge in [-0.05, 0) is 17.7 Å². The Labute approximate surface area is 181 Å². The topological polar surface area (TPSA) is 127 Å². The van der Waals surface area contributed by atoms with E-state index in [4.69, 9.17) is 11.5 Å². The molecule has 1 saturated heterocycles. The van der Waals surface area contributed by atoms with E-state index in [2.05, 4.69) is 0 Å². The number of hydrogen-bond acceptors (Lipinski definition) is 5. The van der Waals surface area contributed by atoms with Crippen LogP contribution in [0.2, 0.25) is 0 Å². The second-order valence-electron chi connectivity index (χ2n) is 8.08. The molecule has 2 aromatic carbocycles. The zero-order valence-corrected chi connectivity index (χ0v) is 17.4. The van der Waals surface area contributed by atoms with Crippen molar-refractivity contribution in [2.75, 3.05) is 26.2 Å². The van der Waals surface area contributed by atoms with Crippen LogP contribution in [0.15, 0.2) is 54.6 Å². The minimum atomic E-state index is -0.972. The maximum atomic E-state index is 13.3. The highest BCUT2D eigenvalue weighted by atomic mass is 16.3. The van der Waals surface area contributed by atoms with E-state index in [1.807, 2.05) is 30.3 Å². The summed E-state index contributed by atoms with van der Waals surface area (Å²) in [6.07, 6.45) is 0.0330. The number of benzene rings is 2. The molecule has 3 amide bonds. The lowest BCUT2D eigenvalue weighted by Gasteiger charge is -2.43. The fraction of sp³-hybridized carbons (Fsp3) is 0.348. The average molecular weight is 426 g/mol. The van der Waals surface area contributed by atoms with E-state index in [0.717, 1.165) is 11.1 Å². The molecule has 1 aliphatic heterocycles. The molecule has 1 atom stereocenters. The van der Waals surface area contributed by atoms with Gasteiger partial charge in [-0.2, -0.15) is 0 Å². The highest BCUT2D eigenvalue weighted by Gasteiger charge is 2.44. The lowest BCUT2D eigenvalue weighted by atomic mass is 10.1. The summed E-state index contributed by atoms with van der Waals surface area (Å²) in [7, 11) is 0. The van der Waals surface area contributed by atoms with E-state index in [-0.39, 0.29) is 34.9 Å². The molecule has 8 heteroatoms. The molecule has 0 radical (unpaired) electrons. The lowest BCUT2D eigenvalue weighted by molar-refractivity contribution is -0.872. The Morgan fingerprint density at radius 3 is 2.16 bits per heavy atom. The van der Waals surface area contributed by atoms with Crippen LogP contribution in [-0.4, -0.2) is 64.4 Å². The molecule has 0 unspecified atom stereocenters. The van der Waals surface area contributed by atoms with Gasteiger partial charge in [0, 0.05) is 5.56 Å². The van der Waals surface area contributed by atoms with Crippen molar-refractivity contribution >= 4 is 17.7 Å². The number of hydrogen-bond donors (Lipinski definition) is 3. The Hall–Kier alpha value is -3.23. The van der Waals surface area contributed by atoms with Gasteiger partial charge in [0.1, 0.15) is 31.4 Å². The van der Waals surface area contributed by atoms with E-state index in [0.29, 0.717) is 32.7 Å². The van der Waals surface area contributed by atoms with Gasteiger partial charge in [0.15, 0.2) is 0 Å². The highest BCUT2D eigenvalue weighted by molar-refractivity contribution is 5.84. The molecule has 1 heterocycles. The first-order valence-corrected chi connectivity index (χ1v) is 10.3. The zero-order chi connectivity index (χ0) is 22.4. The number of piperazine rings is 1. The normalized spacial score (nSPS) is 16.5. The van der Waals surface area contributed by atoms with Gasteiger partial charge in [0.2, 0.25) is 11.8 Å². The van der Waals surface area contributed by atoms with Crippen LogP contribution in [-0.2, 0) is 27.3 Å². The third-order valence-electron chi connectivity index (χ3n) is 5.77. The molecule has 31 heavy (non-hydrogen) atoms. The number of rotatable bonds is 7. The van der Waals surface area contributed by atoms with Gasteiger partial charge >= 0.3 is 5.91 Å². The number of quaternary nitrogens is 1. The number of aromatic hydroxyl groups is 1. The molecule has 2 aromatic rings. The summed E-state index contributed by atoms with van der Waals surface area (Å²) in [5.41, 5.74) is 13.1. The fourth-order valence-electron chi connectivity index (χ4n) is 4.04. The van der Waals surface area contributed by atoms with Gasteiger partial charge in [-0.15, -0.1) is 0 Å². The lowest BCUT2D eigenvalue weighted by Crippen LogP contribution is -2.66. The number of primary amides is 1. The van der Waals surface area contributed by atoms with Gasteiger partial charge in [0.25, 0.3) is 0 Å². The SMILES string of the molecule is NC(=O)C[C@H](N)C(=O)[N+]1(Cc2ccccc2)CCN(C(=O)Cc2ccc(O)cc2)CC1. The zero-order valence-electron chi connectivity index (χ0n) is 17.4. The number of carbonyl (C=O) groups is 3. The quantitative estimate of drug-likeness (QED) is 0.558. The molecule has 5 N–H and O–H groups in total. The average Bonchev–Trinajstić information content (AvgIpc) is 2.75. The second-order valence-corrected chi connectivity index (χ2v) is 8.08. The maximum absolute atomic E-state index is 13.3. The van der Waals surface area contributed by atoms with Crippen LogP contribution in [0, 0.1) is 0 Å². The summed E-state index contributed by atoms with van der Waals surface area (Å²) >= 11 is 0. The third-order valence-corrected chi connectivity index (χ3v) is 5.77. The standard InChI is InChI=1S/C23H28N4O4/c24-20(15-21(25)29)23(31)27(16-18-4-2-1-3-5-18)12-10-26(11-13-27)22(30)14-17-6-8-19(28)9-7-17/h1-9,20H,10-16,24H2,(H2-,25,28,29)/p+1/t20-/m0/s1. The molecule has 0 saturated carbocycles. The van der Waals surface area contributed by atoms with Gasteiger partial charge < -0.3 is 21.5 Å². The summed E-state index contributed by atoms with van der Waals surface area (Å²) in [4.78, 5) is 39.1. The van der Waals surface area contributed by atoms with Crippen molar-refractivity contribution in [3.05, 3.63) is 65.7 Å². The first-order valence-electron chi connectivity index (χ1n) is 10.3. The molecule has 164 valence electrons. The summed E-state index contributed by atoms with van der Waals surface area (Å²) in [6.45, 7) is 2.12. The minimum absolute atomic E-state index is 0.0305. The fourth-order valence-corrected chi connectivity index (χ4v) is 4.04. The monoisotopic (exact) mass is 425 g/mol. The predicted molar refractivity (Wildman–Crippen MR) is 115 cm³/mol. The Balaban J connectivity index is 1.72. The van der Waals surface area contributed by atoms with Gasteiger partial charge in [-0.1, -0.05) is 42.5 Å². The number of amides is 3. The molecule has 0 aromatic heterocycles. The van der Waals surface area contributed by atoms with E-state index in [1.54, 1.807) is 29.2 Å². The molecule has 8 nitrogen and oxygen atoms in total. The molecule has 3 rings (SSSR count). The highest BCUT2D eigenvalue weighted by Crippen LogP contribution is 2.22. The number of nitrogens with zero attached hydrogens (tertiary/aromatic N) is 2. The molecular formula is C23H29N4O4+. The largest absolute Gasteiger partial charge is 0.508 e. The van der Waals surface area contributed by atoms with Crippen LogP contribution < -0.4 is 11.5 Å². The van der Waals surface area contributed by atoms with Crippen LogP contribution in [0.5, 0.6) is 5.75 Å². The Morgan fingerprint density at radius 2 is 1.58 bits per heavy atom. The number of phenolic OH excluding ortho intramolecular Hbond substituents is 1. The molecule has 0 aliphatic carbocycles. The van der Waals surface area contributed by atoms with E-state index < -0.39 is 11.9 Å². The first-order chi connectivity index (χ1) is 14.8. The molecular weight excluding hydrogens is 396 g/mol. The van der Waals surface area contributed by atoms with Crippen LogP contribution in [0.4, 0.5) is 0 Å². The number of phenols is 1. The van der Waals surface area contributed by atoms with Gasteiger partial charge in [0.05, 0.1) is 25.9 Å². The van der Waals surface area contributed by atoms with Gasteiger partial charge in [-0.25, -0.2) is 4.79 Å². The summed E-state index contributed by atoms with van der Waals surface area (Å²) < 4.78 is 0.0848.